The van der Waals surface area contributed by atoms with Crippen LogP contribution in [0.5, 0.6) is 0 Å². The maximum Gasteiger partial charge on any atom is 0.0949 e. The summed E-state index contributed by atoms with van der Waals surface area (Å²) in [7, 11) is 0. The number of imidazole rings is 1. The summed E-state index contributed by atoms with van der Waals surface area (Å²) in [6.45, 7) is 4.06. The second-order valence-corrected chi connectivity index (χ2v) is 5.12. The van der Waals surface area contributed by atoms with Gasteiger partial charge in [0.25, 0.3) is 0 Å². The largest absolute Gasteiger partial charge is 0.337 e. The van der Waals surface area contributed by atoms with Gasteiger partial charge in [0.1, 0.15) is 0 Å². The number of nitrogens with zero attached hydrogens (tertiary/aromatic N) is 2. The first-order valence-electron chi connectivity index (χ1n) is 7.57. The average Bonchev–Trinajstić information content (AvgIpc) is 2.81. The highest BCUT2D eigenvalue weighted by molar-refractivity contribution is 4.96. The summed E-state index contributed by atoms with van der Waals surface area (Å²) in [6, 6.07) is 0. The van der Waals surface area contributed by atoms with Crippen LogP contribution in [0.2, 0.25) is 0 Å². The molecule has 0 bridgehead atoms. The van der Waals surface area contributed by atoms with E-state index in [-0.39, 0.29) is 0 Å². The van der Waals surface area contributed by atoms with Crippen molar-refractivity contribution in [2.45, 2.75) is 71.3 Å². The maximum absolute atomic E-state index is 5.51. The minimum atomic E-state index is 0.689. The van der Waals surface area contributed by atoms with E-state index in [1.165, 1.54) is 51.4 Å². The summed E-state index contributed by atoms with van der Waals surface area (Å²) in [6.07, 6.45) is 15.9. The molecule has 0 saturated carbocycles. The molecular formula is C15H29N3. The first-order chi connectivity index (χ1) is 8.86. The molecule has 0 fully saturated rings. The average molecular weight is 251 g/mol. The highest BCUT2D eigenvalue weighted by Gasteiger charge is 1.97. The SMILES string of the molecule is CCCCCCCCCCn1cnc(CCN)c1. The zero-order chi connectivity index (χ0) is 13.1. The zero-order valence-electron chi connectivity index (χ0n) is 11.9. The monoisotopic (exact) mass is 251 g/mol. The summed E-state index contributed by atoms with van der Waals surface area (Å²) >= 11 is 0. The van der Waals surface area contributed by atoms with Crippen LogP contribution in [0, 0.1) is 0 Å². The van der Waals surface area contributed by atoms with Crippen molar-refractivity contribution >= 4 is 0 Å². The molecule has 1 heterocycles. The van der Waals surface area contributed by atoms with Crippen molar-refractivity contribution in [1.29, 1.82) is 0 Å². The fourth-order valence-corrected chi connectivity index (χ4v) is 2.23. The maximum atomic E-state index is 5.51. The third-order valence-corrected chi connectivity index (χ3v) is 3.36. The fraction of sp³-hybridized carbons (Fsp3) is 0.800. The van der Waals surface area contributed by atoms with Gasteiger partial charge in [-0.05, 0) is 13.0 Å². The van der Waals surface area contributed by atoms with Gasteiger partial charge in [0.2, 0.25) is 0 Å². The minimum Gasteiger partial charge on any atom is -0.337 e. The number of hydrogen-bond donors (Lipinski definition) is 1. The van der Waals surface area contributed by atoms with E-state index >= 15 is 0 Å². The predicted molar refractivity (Wildman–Crippen MR) is 77.6 cm³/mol. The molecule has 1 aromatic rings. The van der Waals surface area contributed by atoms with Crippen LogP contribution in [0.3, 0.4) is 0 Å². The number of nitrogens with two attached hydrogens (primary N) is 1. The molecule has 0 radical (unpaired) electrons. The highest BCUT2D eigenvalue weighted by Crippen LogP contribution is 2.09. The Morgan fingerprint density at radius 2 is 1.72 bits per heavy atom. The summed E-state index contributed by atoms with van der Waals surface area (Å²) in [5.74, 6) is 0. The predicted octanol–water partition coefficient (Wildman–Crippen LogP) is 3.53. The molecule has 3 nitrogen and oxygen atoms in total. The molecule has 18 heavy (non-hydrogen) atoms. The molecule has 0 aliphatic heterocycles. The van der Waals surface area contributed by atoms with Gasteiger partial charge in [-0.1, -0.05) is 51.9 Å². The molecule has 0 amide bonds. The Kier molecular flexibility index (Phi) is 8.57. The second-order valence-electron chi connectivity index (χ2n) is 5.12. The molecule has 1 aromatic heterocycles. The Bertz CT molecular complexity index is 294. The van der Waals surface area contributed by atoms with Crippen LogP contribution in [-0.4, -0.2) is 16.1 Å². The number of unbranched alkanes of at least 4 members (excludes halogenated alkanes) is 7. The van der Waals surface area contributed by atoms with Gasteiger partial charge >= 0.3 is 0 Å². The molecule has 0 aliphatic carbocycles. The number of aromatic nitrogens is 2. The fourth-order valence-electron chi connectivity index (χ4n) is 2.23. The zero-order valence-corrected chi connectivity index (χ0v) is 11.9. The quantitative estimate of drug-likeness (QED) is 0.611. The van der Waals surface area contributed by atoms with E-state index in [1.807, 2.05) is 6.33 Å². The summed E-state index contributed by atoms with van der Waals surface area (Å²) in [4.78, 5) is 4.34. The van der Waals surface area contributed by atoms with Crippen LogP contribution in [-0.2, 0) is 13.0 Å². The molecule has 0 aromatic carbocycles. The number of hydrogen-bond acceptors (Lipinski definition) is 2. The van der Waals surface area contributed by atoms with Crippen molar-refractivity contribution in [3.8, 4) is 0 Å². The van der Waals surface area contributed by atoms with Crippen LogP contribution in [0.15, 0.2) is 12.5 Å². The summed E-state index contributed by atoms with van der Waals surface area (Å²) in [5.41, 5.74) is 6.63. The van der Waals surface area contributed by atoms with Crippen molar-refractivity contribution in [1.82, 2.24) is 9.55 Å². The van der Waals surface area contributed by atoms with E-state index in [4.69, 9.17) is 5.73 Å². The van der Waals surface area contributed by atoms with Crippen molar-refractivity contribution < 1.29 is 0 Å². The minimum absolute atomic E-state index is 0.689. The van der Waals surface area contributed by atoms with Gasteiger partial charge in [0, 0.05) is 19.2 Å². The standard InChI is InChI=1S/C15H29N3/c1-2-3-4-5-6-7-8-9-12-18-13-15(10-11-16)17-14-18/h13-14H,2-12,16H2,1H3. The van der Waals surface area contributed by atoms with Gasteiger partial charge in [-0.25, -0.2) is 4.98 Å². The molecule has 0 unspecified atom stereocenters. The lowest BCUT2D eigenvalue weighted by molar-refractivity contribution is 0.543. The van der Waals surface area contributed by atoms with E-state index < -0.39 is 0 Å². The van der Waals surface area contributed by atoms with Gasteiger partial charge in [0.05, 0.1) is 12.0 Å². The van der Waals surface area contributed by atoms with E-state index in [9.17, 15) is 0 Å². The Morgan fingerprint density at radius 3 is 2.39 bits per heavy atom. The Morgan fingerprint density at radius 1 is 1.06 bits per heavy atom. The van der Waals surface area contributed by atoms with Crippen molar-refractivity contribution in [2.75, 3.05) is 6.54 Å². The number of aryl methyl sites for hydroxylation is 1. The van der Waals surface area contributed by atoms with Crippen molar-refractivity contribution in [2.24, 2.45) is 5.73 Å². The van der Waals surface area contributed by atoms with E-state index in [1.54, 1.807) is 0 Å². The lowest BCUT2D eigenvalue weighted by Gasteiger charge is -2.02. The lowest BCUT2D eigenvalue weighted by Crippen LogP contribution is -2.02. The molecule has 0 aliphatic rings. The van der Waals surface area contributed by atoms with Gasteiger partial charge in [-0.15, -0.1) is 0 Å². The van der Waals surface area contributed by atoms with Crippen LogP contribution in [0.4, 0.5) is 0 Å². The van der Waals surface area contributed by atoms with Crippen LogP contribution >= 0.6 is 0 Å². The molecule has 0 atom stereocenters. The van der Waals surface area contributed by atoms with Crippen LogP contribution < -0.4 is 5.73 Å². The Balaban J connectivity index is 1.96. The van der Waals surface area contributed by atoms with Gasteiger partial charge in [-0.2, -0.15) is 0 Å². The van der Waals surface area contributed by atoms with Crippen LogP contribution in [0.25, 0.3) is 0 Å². The van der Waals surface area contributed by atoms with Crippen molar-refractivity contribution in [3.05, 3.63) is 18.2 Å². The van der Waals surface area contributed by atoms with Gasteiger partial charge in [0.15, 0.2) is 0 Å². The van der Waals surface area contributed by atoms with Crippen LogP contribution in [0.1, 0.15) is 64.0 Å². The third-order valence-electron chi connectivity index (χ3n) is 3.36. The molecular weight excluding hydrogens is 222 g/mol. The van der Waals surface area contributed by atoms with Gasteiger partial charge in [-0.3, -0.25) is 0 Å². The topological polar surface area (TPSA) is 43.8 Å². The molecule has 104 valence electrons. The third kappa shape index (κ3) is 6.80. The molecule has 0 saturated heterocycles. The molecule has 0 spiro atoms. The highest BCUT2D eigenvalue weighted by atomic mass is 15.0. The summed E-state index contributed by atoms with van der Waals surface area (Å²) in [5, 5.41) is 0. The molecule has 3 heteroatoms. The Labute approximate surface area is 112 Å². The first-order valence-corrected chi connectivity index (χ1v) is 7.57. The van der Waals surface area contributed by atoms with Crippen molar-refractivity contribution in [3.63, 3.8) is 0 Å². The van der Waals surface area contributed by atoms with Gasteiger partial charge < -0.3 is 10.3 Å². The van der Waals surface area contributed by atoms with E-state index in [0.29, 0.717) is 6.54 Å². The van der Waals surface area contributed by atoms with E-state index in [2.05, 4.69) is 22.7 Å². The second kappa shape index (κ2) is 10.1. The number of rotatable bonds is 11. The van der Waals surface area contributed by atoms with E-state index in [0.717, 1.165) is 18.7 Å². The first kappa shape index (κ1) is 15.2. The normalized spacial score (nSPS) is 11.0. The molecule has 1 rings (SSSR count). The molecule has 2 N–H and O–H groups in total. The Hall–Kier alpha value is -0.830. The smallest absolute Gasteiger partial charge is 0.0949 e. The lowest BCUT2D eigenvalue weighted by atomic mass is 10.1. The summed E-state index contributed by atoms with van der Waals surface area (Å²) < 4.78 is 2.20.